The number of nitrogens with one attached hydrogen (secondary N) is 1. The highest BCUT2D eigenvalue weighted by Crippen LogP contribution is 2.27. The minimum Gasteiger partial charge on any atom is -0.376 e. The monoisotopic (exact) mass is 391 g/mol. The molecule has 0 saturated carbocycles. The van der Waals surface area contributed by atoms with Crippen molar-refractivity contribution in [2.24, 2.45) is 0 Å². The third-order valence-corrected chi connectivity index (χ3v) is 6.70. The van der Waals surface area contributed by atoms with Crippen molar-refractivity contribution < 1.29 is 9.53 Å². The SMILES string of the molecule is Cc1nc(SC(C)C(=O)NCCC2=CCCCC2)n(CC2CCCO2)c1C. The summed E-state index contributed by atoms with van der Waals surface area (Å²) in [5.74, 6) is 0.0957. The maximum Gasteiger partial charge on any atom is 0.233 e. The first-order valence-corrected chi connectivity index (χ1v) is 11.2. The van der Waals surface area contributed by atoms with Crippen LogP contribution in [0.15, 0.2) is 16.8 Å². The van der Waals surface area contributed by atoms with Gasteiger partial charge in [0, 0.05) is 18.8 Å². The highest BCUT2D eigenvalue weighted by atomic mass is 32.2. The first-order valence-electron chi connectivity index (χ1n) is 10.3. The summed E-state index contributed by atoms with van der Waals surface area (Å²) in [4.78, 5) is 17.2. The van der Waals surface area contributed by atoms with Gasteiger partial charge in [0.25, 0.3) is 0 Å². The number of rotatable bonds is 8. The molecule has 1 saturated heterocycles. The van der Waals surface area contributed by atoms with Gasteiger partial charge in [-0.25, -0.2) is 4.98 Å². The van der Waals surface area contributed by atoms with E-state index in [2.05, 4.69) is 22.9 Å². The molecular formula is C21H33N3O2S. The number of ether oxygens (including phenoxy) is 1. The lowest BCUT2D eigenvalue weighted by atomic mass is 9.97. The van der Waals surface area contributed by atoms with Crippen molar-refractivity contribution in [2.75, 3.05) is 13.2 Å². The average Bonchev–Trinajstić information content (AvgIpc) is 3.27. The lowest BCUT2D eigenvalue weighted by Crippen LogP contribution is -2.32. The molecule has 0 bridgehead atoms. The molecule has 1 aliphatic carbocycles. The highest BCUT2D eigenvalue weighted by Gasteiger charge is 2.23. The molecule has 0 spiro atoms. The highest BCUT2D eigenvalue weighted by molar-refractivity contribution is 8.00. The quantitative estimate of drug-likeness (QED) is 0.534. The molecule has 3 rings (SSSR count). The van der Waals surface area contributed by atoms with Crippen molar-refractivity contribution in [3.05, 3.63) is 23.0 Å². The van der Waals surface area contributed by atoms with Crippen LogP contribution in [0.5, 0.6) is 0 Å². The summed E-state index contributed by atoms with van der Waals surface area (Å²) < 4.78 is 8.03. The standard InChI is InChI=1S/C21H33N3O2S/c1-15-16(2)24(14-19-10-7-13-26-19)21(23-15)27-17(3)20(25)22-12-11-18-8-5-4-6-9-18/h8,17,19H,4-7,9-14H2,1-3H3,(H,22,25). The zero-order valence-electron chi connectivity index (χ0n) is 16.9. The summed E-state index contributed by atoms with van der Waals surface area (Å²) >= 11 is 1.55. The third-order valence-electron chi connectivity index (χ3n) is 5.61. The van der Waals surface area contributed by atoms with Crippen LogP contribution >= 0.6 is 11.8 Å². The van der Waals surface area contributed by atoms with E-state index >= 15 is 0 Å². The molecule has 2 heterocycles. The second-order valence-corrected chi connectivity index (χ2v) is 9.03. The van der Waals surface area contributed by atoms with Crippen LogP contribution in [0.4, 0.5) is 0 Å². The molecule has 1 aliphatic heterocycles. The fourth-order valence-corrected chi connectivity index (χ4v) is 4.79. The number of allylic oxidation sites excluding steroid dienone is 1. The predicted molar refractivity (Wildman–Crippen MR) is 110 cm³/mol. The van der Waals surface area contributed by atoms with Crippen molar-refractivity contribution >= 4 is 17.7 Å². The van der Waals surface area contributed by atoms with Crippen molar-refractivity contribution in [1.29, 1.82) is 0 Å². The Bertz CT molecular complexity index is 677. The van der Waals surface area contributed by atoms with Crippen molar-refractivity contribution in [1.82, 2.24) is 14.9 Å². The molecule has 0 aromatic carbocycles. The summed E-state index contributed by atoms with van der Waals surface area (Å²) in [7, 11) is 0. The molecule has 1 aromatic rings. The summed E-state index contributed by atoms with van der Waals surface area (Å²) in [6.45, 7) is 8.53. The third kappa shape index (κ3) is 5.61. The Labute approximate surface area is 167 Å². The molecule has 27 heavy (non-hydrogen) atoms. The Hall–Kier alpha value is -1.27. The number of carbonyl (C=O) groups excluding carboxylic acids is 1. The van der Waals surface area contributed by atoms with E-state index < -0.39 is 0 Å². The van der Waals surface area contributed by atoms with E-state index in [0.717, 1.165) is 49.8 Å². The van der Waals surface area contributed by atoms with Crippen LogP contribution < -0.4 is 5.32 Å². The Balaban J connectivity index is 1.53. The van der Waals surface area contributed by atoms with E-state index in [1.165, 1.54) is 37.0 Å². The van der Waals surface area contributed by atoms with E-state index in [4.69, 9.17) is 9.72 Å². The Morgan fingerprint density at radius 1 is 1.41 bits per heavy atom. The fraction of sp³-hybridized carbons (Fsp3) is 0.714. The van der Waals surface area contributed by atoms with Gasteiger partial charge >= 0.3 is 0 Å². The maximum absolute atomic E-state index is 12.5. The molecule has 0 radical (unpaired) electrons. The molecule has 2 atom stereocenters. The molecule has 2 aliphatic rings. The van der Waals surface area contributed by atoms with E-state index in [9.17, 15) is 4.79 Å². The van der Waals surface area contributed by atoms with Crippen molar-refractivity contribution in [2.45, 2.75) is 88.8 Å². The zero-order valence-corrected chi connectivity index (χ0v) is 17.7. The minimum atomic E-state index is -0.158. The lowest BCUT2D eigenvalue weighted by molar-refractivity contribution is -0.120. The van der Waals surface area contributed by atoms with Crippen molar-refractivity contribution in [3.8, 4) is 0 Å². The van der Waals surface area contributed by atoms with Crippen LogP contribution in [0.25, 0.3) is 0 Å². The molecule has 1 N–H and O–H groups in total. The molecule has 150 valence electrons. The van der Waals surface area contributed by atoms with E-state index in [1.807, 2.05) is 13.8 Å². The first-order chi connectivity index (χ1) is 13.0. The Morgan fingerprint density at radius 3 is 2.96 bits per heavy atom. The van der Waals surface area contributed by atoms with Crippen molar-refractivity contribution in [3.63, 3.8) is 0 Å². The second-order valence-electron chi connectivity index (χ2n) is 7.72. The van der Waals surface area contributed by atoms with Gasteiger partial charge in [-0.1, -0.05) is 23.4 Å². The van der Waals surface area contributed by atoms with Crippen LogP contribution in [0.3, 0.4) is 0 Å². The molecule has 1 aromatic heterocycles. The summed E-state index contributed by atoms with van der Waals surface area (Å²) in [5, 5.41) is 3.87. The average molecular weight is 392 g/mol. The van der Waals surface area contributed by atoms with Gasteiger partial charge in [0.2, 0.25) is 5.91 Å². The number of aryl methyl sites for hydroxylation is 1. The normalized spacial score (nSPS) is 21.1. The number of amides is 1. The molecule has 1 fully saturated rings. The van der Waals surface area contributed by atoms with Crippen LogP contribution in [0.2, 0.25) is 0 Å². The first kappa shape index (κ1) is 20.5. The Morgan fingerprint density at radius 2 is 2.26 bits per heavy atom. The van der Waals surface area contributed by atoms with Crippen LogP contribution in [0.1, 0.15) is 63.3 Å². The number of carbonyl (C=O) groups is 1. The van der Waals surface area contributed by atoms with Gasteiger partial charge < -0.3 is 14.6 Å². The zero-order chi connectivity index (χ0) is 19.2. The van der Waals surface area contributed by atoms with Crippen LogP contribution in [-0.4, -0.2) is 40.0 Å². The smallest absolute Gasteiger partial charge is 0.233 e. The van der Waals surface area contributed by atoms with E-state index in [0.29, 0.717) is 0 Å². The van der Waals surface area contributed by atoms with E-state index in [-0.39, 0.29) is 17.3 Å². The summed E-state index contributed by atoms with van der Waals surface area (Å²) in [6.07, 6.45) is 10.8. The van der Waals surface area contributed by atoms with Crippen LogP contribution in [-0.2, 0) is 16.1 Å². The van der Waals surface area contributed by atoms with Gasteiger partial charge in [-0.2, -0.15) is 0 Å². The van der Waals surface area contributed by atoms with Gasteiger partial charge in [0.1, 0.15) is 0 Å². The molecule has 1 amide bonds. The van der Waals surface area contributed by atoms with Crippen LogP contribution in [0, 0.1) is 13.8 Å². The number of hydrogen-bond donors (Lipinski definition) is 1. The largest absolute Gasteiger partial charge is 0.376 e. The number of hydrogen-bond acceptors (Lipinski definition) is 4. The number of nitrogens with zero attached hydrogens (tertiary/aromatic N) is 2. The van der Waals surface area contributed by atoms with Gasteiger partial charge in [-0.05, 0) is 65.7 Å². The molecule has 2 unspecified atom stereocenters. The molecule has 5 nitrogen and oxygen atoms in total. The van der Waals surface area contributed by atoms with E-state index in [1.54, 1.807) is 11.8 Å². The van der Waals surface area contributed by atoms with Gasteiger partial charge in [-0.15, -0.1) is 0 Å². The summed E-state index contributed by atoms with van der Waals surface area (Å²) in [5.41, 5.74) is 3.71. The number of thioether (sulfide) groups is 1. The van der Waals surface area contributed by atoms with Gasteiger partial charge in [-0.3, -0.25) is 4.79 Å². The topological polar surface area (TPSA) is 56.2 Å². The maximum atomic E-state index is 12.5. The second kappa shape index (κ2) is 9.78. The predicted octanol–water partition coefficient (Wildman–Crippen LogP) is 4.17. The van der Waals surface area contributed by atoms with Gasteiger partial charge in [0.15, 0.2) is 5.16 Å². The number of imidazole rings is 1. The minimum absolute atomic E-state index is 0.0957. The lowest BCUT2D eigenvalue weighted by Gasteiger charge is -2.17. The summed E-state index contributed by atoms with van der Waals surface area (Å²) in [6, 6.07) is 0. The molecule has 6 heteroatoms. The van der Waals surface area contributed by atoms with Gasteiger partial charge in [0.05, 0.1) is 23.6 Å². The fourth-order valence-electron chi connectivity index (χ4n) is 3.75. The molecular weight excluding hydrogens is 358 g/mol. The number of aromatic nitrogens is 2. The Kier molecular flexibility index (Phi) is 7.41.